The predicted octanol–water partition coefficient (Wildman–Crippen LogP) is 0.857. The van der Waals surface area contributed by atoms with Gasteiger partial charge in [-0.05, 0) is 50.1 Å². The predicted molar refractivity (Wildman–Crippen MR) is 103 cm³/mol. The first-order chi connectivity index (χ1) is 13.8. The molecule has 0 radical (unpaired) electrons. The Bertz CT molecular complexity index is 1050. The number of hydrogen-bond donors (Lipinski definition) is 2. The number of rotatable bonds is 6. The third kappa shape index (κ3) is 4.96. The molecule has 0 saturated heterocycles. The number of anilines is 2. The van der Waals surface area contributed by atoms with E-state index in [2.05, 4.69) is 20.0 Å². The van der Waals surface area contributed by atoms with E-state index in [0.29, 0.717) is 17.8 Å². The molecule has 10 heteroatoms. The van der Waals surface area contributed by atoms with Gasteiger partial charge in [0.05, 0.1) is 10.8 Å². The normalized spacial score (nSPS) is 18.8. The quantitative estimate of drug-likeness (QED) is 0.666. The summed E-state index contributed by atoms with van der Waals surface area (Å²) in [6, 6.07) is 7.14. The lowest BCUT2D eigenvalue weighted by atomic mass is 9.82. The molecule has 0 fully saturated rings. The van der Waals surface area contributed by atoms with Gasteiger partial charge in [0, 0.05) is 29.5 Å². The van der Waals surface area contributed by atoms with Gasteiger partial charge in [-0.1, -0.05) is 12.2 Å². The number of aryl methyl sites for hydroxylation is 1. The molecule has 1 aromatic heterocycles. The summed E-state index contributed by atoms with van der Waals surface area (Å²) in [6.45, 7) is 1.71. The second-order valence-corrected chi connectivity index (χ2v) is 8.30. The summed E-state index contributed by atoms with van der Waals surface area (Å²) < 4.78 is 27.2. The van der Waals surface area contributed by atoms with E-state index in [1.165, 1.54) is 30.5 Å². The zero-order valence-corrected chi connectivity index (χ0v) is 16.3. The van der Waals surface area contributed by atoms with Gasteiger partial charge in [-0.25, -0.2) is 23.1 Å². The number of aromatic nitrogens is 2. The number of carboxylic acid groups (broad SMARTS) is 1. The van der Waals surface area contributed by atoms with Crippen molar-refractivity contribution in [1.29, 1.82) is 0 Å². The zero-order chi connectivity index (χ0) is 21.0. The van der Waals surface area contributed by atoms with Crippen LogP contribution in [0.2, 0.25) is 0 Å². The average Bonchev–Trinajstić information content (AvgIpc) is 2.68. The highest BCUT2D eigenvalue weighted by Crippen LogP contribution is 2.27. The molecule has 0 spiro atoms. The fourth-order valence-electron chi connectivity index (χ4n) is 2.99. The van der Waals surface area contributed by atoms with E-state index in [1.54, 1.807) is 25.1 Å². The monoisotopic (exact) mass is 415 g/mol. The first-order valence-corrected chi connectivity index (χ1v) is 10.3. The smallest absolute Gasteiger partial charge is 0.264 e. The van der Waals surface area contributed by atoms with Crippen LogP contribution in [0.4, 0.5) is 11.6 Å². The number of nitrogens with zero attached hydrogens (tertiary/aromatic N) is 2. The number of carbonyl (C=O) groups is 2. The molecule has 1 aliphatic rings. The molecule has 0 aliphatic heterocycles. The second-order valence-electron chi connectivity index (χ2n) is 6.62. The Hall–Kier alpha value is -3.27. The molecular formula is C19H19N4O5S-. The molecule has 2 aromatic rings. The van der Waals surface area contributed by atoms with Crippen LogP contribution in [-0.2, 0) is 19.6 Å². The largest absolute Gasteiger partial charge is 0.550 e. The van der Waals surface area contributed by atoms with Gasteiger partial charge in [0.15, 0.2) is 0 Å². The molecule has 9 nitrogen and oxygen atoms in total. The summed E-state index contributed by atoms with van der Waals surface area (Å²) >= 11 is 0. The van der Waals surface area contributed by atoms with E-state index in [-0.39, 0.29) is 17.3 Å². The molecule has 0 unspecified atom stereocenters. The van der Waals surface area contributed by atoms with Crippen LogP contribution in [0.1, 0.15) is 18.5 Å². The maximum Gasteiger partial charge on any atom is 0.264 e. The molecule has 2 N–H and O–H groups in total. The summed E-state index contributed by atoms with van der Waals surface area (Å²) in [5, 5.41) is 13.9. The first-order valence-electron chi connectivity index (χ1n) is 8.85. The van der Waals surface area contributed by atoms with E-state index in [4.69, 9.17) is 0 Å². The highest BCUT2D eigenvalue weighted by atomic mass is 32.2. The van der Waals surface area contributed by atoms with Crippen molar-refractivity contribution >= 4 is 33.5 Å². The van der Waals surface area contributed by atoms with Crippen LogP contribution in [0.15, 0.2) is 53.6 Å². The van der Waals surface area contributed by atoms with Crippen molar-refractivity contribution in [2.45, 2.75) is 24.7 Å². The fraction of sp³-hybridized carbons (Fsp3) is 0.263. The van der Waals surface area contributed by atoms with Gasteiger partial charge in [-0.15, -0.1) is 0 Å². The molecule has 3 rings (SSSR count). The molecule has 0 bridgehead atoms. The summed E-state index contributed by atoms with van der Waals surface area (Å²) in [5.41, 5.74) is 0.968. The number of sulfonamides is 1. The lowest BCUT2D eigenvalue weighted by molar-refractivity contribution is -0.313. The van der Waals surface area contributed by atoms with Gasteiger partial charge in [-0.2, -0.15) is 0 Å². The topological polar surface area (TPSA) is 141 Å². The van der Waals surface area contributed by atoms with E-state index in [9.17, 15) is 23.1 Å². The van der Waals surface area contributed by atoms with Crippen LogP contribution < -0.4 is 15.1 Å². The maximum atomic E-state index is 12.5. The lowest BCUT2D eigenvalue weighted by Crippen LogP contribution is -2.41. The number of amides is 1. The van der Waals surface area contributed by atoms with E-state index in [0.717, 1.165) is 0 Å². The SMILES string of the molecule is Cc1ccnc(NS(=O)(=O)c2ccc(NC(=O)[C@H]3CC=CC[C@H]3C(=O)[O-])cc2)n1. The first kappa shape index (κ1) is 20.5. The Balaban J connectivity index is 1.70. The number of benzene rings is 1. The van der Waals surface area contributed by atoms with Crippen LogP contribution in [0.3, 0.4) is 0 Å². The van der Waals surface area contributed by atoms with E-state index in [1.807, 2.05) is 0 Å². The standard InChI is InChI=1S/C19H20N4O5S/c1-12-10-11-20-19(21-12)23-29(27,28)14-8-6-13(7-9-14)22-17(24)15-4-2-3-5-16(15)18(25)26/h2-3,6-11,15-16H,4-5H2,1H3,(H,22,24)(H,25,26)(H,20,21,23)/p-1/t15-,16+/m0/s1. The van der Waals surface area contributed by atoms with Crippen molar-refractivity contribution in [2.24, 2.45) is 11.8 Å². The number of carbonyl (C=O) groups excluding carboxylic acids is 2. The van der Waals surface area contributed by atoms with Gasteiger partial charge in [0.2, 0.25) is 11.9 Å². The van der Waals surface area contributed by atoms with Crippen molar-refractivity contribution in [3.8, 4) is 0 Å². The number of aliphatic carboxylic acids is 1. The van der Waals surface area contributed by atoms with Crippen molar-refractivity contribution in [3.05, 3.63) is 54.4 Å². The van der Waals surface area contributed by atoms with Crippen LogP contribution in [0, 0.1) is 18.8 Å². The number of carboxylic acids is 1. The minimum atomic E-state index is -3.90. The molecule has 29 heavy (non-hydrogen) atoms. The number of hydrogen-bond acceptors (Lipinski definition) is 7. The van der Waals surface area contributed by atoms with Crippen LogP contribution in [-0.4, -0.2) is 30.3 Å². The Morgan fingerprint density at radius 3 is 2.34 bits per heavy atom. The van der Waals surface area contributed by atoms with E-state index < -0.39 is 33.7 Å². The van der Waals surface area contributed by atoms with Crippen LogP contribution in [0.5, 0.6) is 0 Å². The Morgan fingerprint density at radius 2 is 1.72 bits per heavy atom. The fourth-order valence-corrected chi connectivity index (χ4v) is 3.94. The third-order valence-corrected chi connectivity index (χ3v) is 5.87. The minimum Gasteiger partial charge on any atom is -0.550 e. The Morgan fingerprint density at radius 1 is 1.07 bits per heavy atom. The number of nitrogens with one attached hydrogen (secondary N) is 2. The summed E-state index contributed by atoms with van der Waals surface area (Å²) in [6.07, 6.45) is 5.47. The highest BCUT2D eigenvalue weighted by Gasteiger charge is 2.29. The van der Waals surface area contributed by atoms with E-state index >= 15 is 0 Å². The Labute approximate surface area is 167 Å². The van der Waals surface area contributed by atoms with Gasteiger partial charge in [0.25, 0.3) is 10.0 Å². The highest BCUT2D eigenvalue weighted by molar-refractivity contribution is 7.92. The molecule has 1 heterocycles. The lowest BCUT2D eigenvalue weighted by Gasteiger charge is -2.28. The molecular weight excluding hydrogens is 396 g/mol. The summed E-state index contributed by atoms with van der Waals surface area (Å²) in [4.78, 5) is 31.5. The van der Waals surface area contributed by atoms with Gasteiger partial charge in [0.1, 0.15) is 0 Å². The van der Waals surface area contributed by atoms with Crippen LogP contribution in [0.25, 0.3) is 0 Å². The summed E-state index contributed by atoms with van der Waals surface area (Å²) in [7, 11) is -3.90. The van der Waals surface area contributed by atoms with Gasteiger partial charge >= 0.3 is 0 Å². The maximum absolute atomic E-state index is 12.5. The second kappa shape index (κ2) is 8.39. The minimum absolute atomic E-state index is 0.0335. The molecule has 1 amide bonds. The van der Waals surface area contributed by atoms with Crippen molar-refractivity contribution in [2.75, 3.05) is 10.0 Å². The summed E-state index contributed by atoms with van der Waals surface area (Å²) in [5.74, 6) is -3.39. The molecule has 1 aromatic carbocycles. The van der Waals surface area contributed by atoms with Gasteiger partial charge in [-0.3, -0.25) is 4.79 Å². The van der Waals surface area contributed by atoms with Crippen molar-refractivity contribution in [3.63, 3.8) is 0 Å². The number of allylic oxidation sites excluding steroid dienone is 2. The van der Waals surface area contributed by atoms with Gasteiger partial charge < -0.3 is 15.2 Å². The van der Waals surface area contributed by atoms with Crippen molar-refractivity contribution < 1.29 is 23.1 Å². The molecule has 0 saturated carbocycles. The average molecular weight is 415 g/mol. The zero-order valence-electron chi connectivity index (χ0n) is 15.5. The van der Waals surface area contributed by atoms with Crippen LogP contribution >= 0.6 is 0 Å². The Kier molecular flexibility index (Phi) is 5.92. The molecule has 152 valence electrons. The molecule has 1 aliphatic carbocycles. The molecule has 2 atom stereocenters. The third-order valence-electron chi connectivity index (χ3n) is 4.52. The van der Waals surface area contributed by atoms with Crippen molar-refractivity contribution in [1.82, 2.24) is 9.97 Å².